The van der Waals surface area contributed by atoms with E-state index in [4.69, 9.17) is 14.2 Å². The van der Waals surface area contributed by atoms with Crippen molar-refractivity contribution in [1.82, 2.24) is 20.6 Å². The van der Waals surface area contributed by atoms with Gasteiger partial charge in [-0.3, -0.25) is 19.4 Å². The zero-order chi connectivity index (χ0) is 48.2. The predicted molar refractivity (Wildman–Crippen MR) is 249 cm³/mol. The Bertz CT molecular complexity index is 2180. The molecule has 2 atom stereocenters. The topological polar surface area (TPSA) is 237 Å². The smallest absolute Gasteiger partial charge is 0.870 e. The molecular formula is C49H65LiN6O11. The summed E-state index contributed by atoms with van der Waals surface area (Å²) < 4.78 is 15.8. The first-order valence-corrected chi connectivity index (χ1v) is 21.5. The number of nitrogens with zero attached hydrogens (tertiary/aromatic N) is 4. The second kappa shape index (κ2) is 28.7. The number of aromatic nitrogens is 2. The van der Waals surface area contributed by atoms with Crippen LogP contribution in [0.2, 0.25) is 0 Å². The van der Waals surface area contributed by atoms with E-state index in [-0.39, 0.29) is 62.6 Å². The molecule has 0 unspecified atom stereocenters. The van der Waals surface area contributed by atoms with Crippen LogP contribution in [-0.4, -0.2) is 100.0 Å². The number of amides is 4. The summed E-state index contributed by atoms with van der Waals surface area (Å²) in [6.07, 6.45) is 3.53. The van der Waals surface area contributed by atoms with Crippen molar-refractivity contribution in [3.8, 4) is 0 Å². The van der Waals surface area contributed by atoms with E-state index in [1.807, 2.05) is 86.6 Å². The maximum Gasteiger partial charge on any atom is 1.00 e. The van der Waals surface area contributed by atoms with Gasteiger partial charge in [-0.15, -0.1) is 0 Å². The van der Waals surface area contributed by atoms with Gasteiger partial charge >= 0.3 is 43.0 Å². The Balaban J connectivity index is 0.000000651. The number of hydrogen-bond donors (Lipinski definition) is 3. The van der Waals surface area contributed by atoms with Crippen LogP contribution in [0.4, 0.5) is 21.2 Å². The van der Waals surface area contributed by atoms with Crippen molar-refractivity contribution in [2.24, 2.45) is 0 Å². The predicted octanol–water partition coefficient (Wildman–Crippen LogP) is 4.36. The normalized spacial score (nSPS) is 11.6. The summed E-state index contributed by atoms with van der Waals surface area (Å²) in [5.41, 5.74) is 2.28. The molecule has 2 heterocycles. The number of rotatable bonds is 18. The summed E-state index contributed by atoms with van der Waals surface area (Å²) in [4.78, 5) is 85.5. The number of aliphatic carboxylic acids is 1. The number of carbonyl (C=O) groups is 6. The van der Waals surface area contributed by atoms with Crippen LogP contribution in [0, 0.1) is 13.8 Å². The number of benzene rings is 2. The van der Waals surface area contributed by atoms with Crippen molar-refractivity contribution in [3.63, 3.8) is 0 Å². The third-order valence-electron chi connectivity index (χ3n) is 9.17. The van der Waals surface area contributed by atoms with E-state index in [2.05, 4.69) is 20.6 Å². The minimum atomic E-state index is -1.10. The molecule has 358 valence electrons. The Kier molecular flexibility index (Phi) is 25.1. The minimum Gasteiger partial charge on any atom is -0.870 e. The van der Waals surface area contributed by atoms with Crippen molar-refractivity contribution in [2.45, 2.75) is 117 Å². The largest absolute Gasteiger partial charge is 1.00 e. The molecular weight excluding hydrogens is 856 g/mol. The molecule has 0 radical (unpaired) electrons. The fraction of sp³-hybridized carbons (Fsp3) is 0.429. The van der Waals surface area contributed by atoms with E-state index in [1.165, 1.54) is 16.9 Å². The summed E-state index contributed by atoms with van der Waals surface area (Å²) in [6, 6.07) is 23.9. The third-order valence-corrected chi connectivity index (χ3v) is 9.17. The van der Waals surface area contributed by atoms with Gasteiger partial charge in [0, 0.05) is 51.2 Å². The number of methoxy groups -OCH3 is 1. The molecule has 0 spiro atoms. The molecule has 67 heavy (non-hydrogen) atoms. The van der Waals surface area contributed by atoms with Gasteiger partial charge in [-0.05, 0) is 115 Å². The molecule has 0 saturated carbocycles. The van der Waals surface area contributed by atoms with Crippen LogP contribution in [0.5, 0.6) is 0 Å². The number of anilines is 2. The molecule has 0 aliphatic rings. The molecule has 0 fully saturated rings. The molecule has 4 rings (SSSR count). The number of nitrogens with one attached hydrogen (secondary N) is 2. The van der Waals surface area contributed by atoms with Gasteiger partial charge in [0.15, 0.2) is 0 Å². The van der Waals surface area contributed by atoms with Gasteiger partial charge < -0.3 is 35.4 Å². The number of esters is 1. The van der Waals surface area contributed by atoms with Crippen LogP contribution in [0.1, 0.15) is 89.5 Å². The first-order chi connectivity index (χ1) is 30.6. The SMILES string of the molecule is COC(=O)[C@H](Cc1ccccc1)NC(=O)CCCN(C(=O)OC(C)(C)C)c1cc(C)ccn1.Cc1ccnc(N(CCCC(=O)N[C@@H](Cc2ccccc2)C(=O)O)C(=O)OC(C)(C)C)c1.[Li+].[OH-]. The Morgan fingerprint density at radius 1 is 0.627 bits per heavy atom. The Labute approximate surface area is 405 Å². The van der Waals surface area contributed by atoms with Crippen LogP contribution in [-0.2, 0) is 46.2 Å². The van der Waals surface area contributed by atoms with Crippen molar-refractivity contribution in [3.05, 3.63) is 120 Å². The minimum absolute atomic E-state index is 0. The second-order valence-corrected chi connectivity index (χ2v) is 17.3. The first-order valence-electron chi connectivity index (χ1n) is 21.5. The van der Waals surface area contributed by atoms with Gasteiger partial charge in [0.25, 0.3) is 0 Å². The summed E-state index contributed by atoms with van der Waals surface area (Å²) in [7, 11) is 1.29. The van der Waals surface area contributed by atoms with E-state index >= 15 is 0 Å². The Morgan fingerprint density at radius 3 is 1.34 bits per heavy atom. The average Bonchev–Trinajstić information content (AvgIpc) is 3.22. The standard InChI is InChI=1S/C25H33N3O5.C24H31N3O5.Li.H2O/c1-18-13-14-26-21(16-18)28(24(31)33-25(2,3)4)15-9-12-22(29)27-20(23(30)32-5)17-19-10-7-6-8-11-19;1-17-12-13-25-20(15-17)27(23(31)32-24(2,3)4)14-8-11-21(28)26-19(22(29)30)16-18-9-6-5-7-10-18;;/h6-8,10-11,13-14,16,20H,9,12,15,17H2,1-5H3,(H,27,29);5-7,9-10,12-13,15,19H,8,11,14,16H2,1-4H3,(H,26,28)(H,29,30);;1H2/q;;+1;/p-1/t20-;19-;;/m00../s1. The zero-order valence-corrected chi connectivity index (χ0v) is 40.4. The number of carboxylic acid groups (broad SMARTS) is 1. The van der Waals surface area contributed by atoms with E-state index in [1.54, 1.807) is 66.1 Å². The van der Waals surface area contributed by atoms with Gasteiger partial charge in [0.2, 0.25) is 11.8 Å². The number of carboxylic acids is 1. The average molecular weight is 921 g/mol. The molecule has 4 amide bonds. The molecule has 0 aliphatic carbocycles. The van der Waals surface area contributed by atoms with Crippen LogP contribution in [0.15, 0.2) is 97.3 Å². The van der Waals surface area contributed by atoms with Gasteiger partial charge in [-0.1, -0.05) is 60.7 Å². The third kappa shape index (κ3) is 22.7. The first kappa shape index (κ1) is 58.7. The fourth-order valence-electron chi connectivity index (χ4n) is 6.13. The summed E-state index contributed by atoms with van der Waals surface area (Å²) >= 11 is 0. The molecule has 0 aliphatic heterocycles. The maximum atomic E-state index is 12.8. The number of pyridine rings is 2. The molecule has 4 N–H and O–H groups in total. The molecule has 2 aromatic heterocycles. The number of carbonyl (C=O) groups excluding carboxylic acids is 5. The Hall–Kier alpha value is -6.28. The van der Waals surface area contributed by atoms with E-state index < -0.39 is 53.3 Å². The zero-order valence-electron chi connectivity index (χ0n) is 40.4. The van der Waals surface area contributed by atoms with E-state index in [0.717, 1.165) is 22.3 Å². The molecule has 0 saturated heterocycles. The van der Waals surface area contributed by atoms with Gasteiger partial charge in [0.1, 0.15) is 34.9 Å². The molecule has 18 heteroatoms. The number of hydrogen-bond acceptors (Lipinski definition) is 12. The molecule has 17 nitrogen and oxygen atoms in total. The van der Waals surface area contributed by atoms with Crippen LogP contribution >= 0.6 is 0 Å². The van der Waals surface area contributed by atoms with E-state index in [9.17, 15) is 33.9 Å². The fourth-order valence-corrected chi connectivity index (χ4v) is 6.13. The van der Waals surface area contributed by atoms with Gasteiger partial charge in [-0.25, -0.2) is 29.1 Å². The molecule has 2 aromatic carbocycles. The summed E-state index contributed by atoms with van der Waals surface area (Å²) in [6.45, 7) is 14.9. The van der Waals surface area contributed by atoms with Crippen molar-refractivity contribution in [2.75, 3.05) is 30.0 Å². The van der Waals surface area contributed by atoms with Crippen molar-refractivity contribution >= 4 is 47.6 Å². The van der Waals surface area contributed by atoms with Crippen molar-refractivity contribution in [1.29, 1.82) is 0 Å². The molecule has 4 aromatic rings. The second-order valence-electron chi connectivity index (χ2n) is 17.3. The van der Waals surface area contributed by atoms with E-state index in [0.29, 0.717) is 30.9 Å². The Morgan fingerprint density at radius 2 is 1.00 bits per heavy atom. The summed E-state index contributed by atoms with van der Waals surface area (Å²) in [5.74, 6) is -1.40. The number of aryl methyl sites for hydroxylation is 2. The molecule has 0 bridgehead atoms. The van der Waals surface area contributed by atoms with Crippen LogP contribution < -0.4 is 39.3 Å². The van der Waals surface area contributed by atoms with Crippen LogP contribution in [0.3, 0.4) is 0 Å². The quantitative estimate of drug-likeness (QED) is 0.0716. The van der Waals surface area contributed by atoms with Crippen LogP contribution in [0.25, 0.3) is 0 Å². The van der Waals surface area contributed by atoms with Crippen molar-refractivity contribution < 1.29 is 72.4 Å². The monoisotopic (exact) mass is 920 g/mol. The van der Waals surface area contributed by atoms with Gasteiger partial charge in [-0.2, -0.15) is 0 Å². The maximum absolute atomic E-state index is 12.8. The number of ether oxygens (including phenoxy) is 3. The summed E-state index contributed by atoms with van der Waals surface area (Å²) in [5, 5.41) is 14.8. The van der Waals surface area contributed by atoms with Gasteiger partial charge in [0.05, 0.1) is 7.11 Å².